The van der Waals surface area contributed by atoms with Gasteiger partial charge in [-0.15, -0.1) is 0 Å². The van der Waals surface area contributed by atoms with Crippen molar-refractivity contribution < 1.29 is 19.6 Å². The number of nitrogens with zero attached hydrogens (tertiary/aromatic N) is 1. The van der Waals surface area contributed by atoms with Gasteiger partial charge in [0, 0.05) is 17.0 Å². The number of halogens is 1. The Labute approximate surface area is 130 Å². The number of rotatable bonds is 9. The second-order valence-corrected chi connectivity index (χ2v) is 5.27. The summed E-state index contributed by atoms with van der Waals surface area (Å²) < 4.78 is 5.93. The molecule has 0 amide bonds. The first kappa shape index (κ1) is 17.4. The molecule has 0 aromatic heterocycles. The fraction of sp³-hybridized carbons (Fsp3) is 0.462. The van der Waals surface area contributed by atoms with Crippen molar-refractivity contribution in [2.75, 3.05) is 13.2 Å². The number of hydrogen-bond acceptors (Lipinski definition) is 5. The van der Waals surface area contributed by atoms with E-state index in [1.165, 1.54) is 12.1 Å². The lowest BCUT2D eigenvalue weighted by atomic mass is 10.2. The monoisotopic (exact) mass is 360 g/mol. The summed E-state index contributed by atoms with van der Waals surface area (Å²) in [6.45, 7) is 2.61. The average Bonchev–Trinajstić information content (AvgIpc) is 2.43. The molecule has 0 radical (unpaired) electrons. The van der Waals surface area contributed by atoms with Crippen LogP contribution in [0.3, 0.4) is 0 Å². The first-order valence-corrected chi connectivity index (χ1v) is 7.28. The summed E-state index contributed by atoms with van der Waals surface area (Å²) in [6, 6.07) is 3.74. The van der Waals surface area contributed by atoms with Crippen molar-refractivity contribution in [3.05, 3.63) is 32.8 Å². The van der Waals surface area contributed by atoms with Crippen LogP contribution in [0.1, 0.15) is 19.8 Å². The first-order valence-electron chi connectivity index (χ1n) is 6.48. The fourth-order valence-corrected chi connectivity index (χ4v) is 2.02. The fourth-order valence-electron chi connectivity index (χ4n) is 1.67. The summed E-state index contributed by atoms with van der Waals surface area (Å²) in [5, 5.41) is 22.8. The van der Waals surface area contributed by atoms with E-state index in [0.717, 1.165) is 6.42 Å². The molecule has 1 atom stereocenters. The minimum atomic E-state index is -0.961. The van der Waals surface area contributed by atoms with Crippen molar-refractivity contribution in [2.45, 2.75) is 25.8 Å². The Morgan fingerprint density at radius 1 is 1.57 bits per heavy atom. The van der Waals surface area contributed by atoms with Crippen LogP contribution in [0.2, 0.25) is 0 Å². The summed E-state index contributed by atoms with van der Waals surface area (Å²) >= 11 is 3.16. The Kier molecular flexibility index (Phi) is 7.10. The third-order valence-electron chi connectivity index (χ3n) is 2.72. The van der Waals surface area contributed by atoms with E-state index in [9.17, 15) is 14.9 Å². The van der Waals surface area contributed by atoms with E-state index in [0.29, 0.717) is 11.0 Å². The van der Waals surface area contributed by atoms with Crippen molar-refractivity contribution in [2.24, 2.45) is 0 Å². The van der Waals surface area contributed by atoms with Gasteiger partial charge in [-0.2, -0.15) is 0 Å². The van der Waals surface area contributed by atoms with Gasteiger partial charge in [-0.25, -0.2) is 0 Å². The highest BCUT2D eigenvalue weighted by Gasteiger charge is 2.19. The maximum atomic E-state index is 11.0. The number of nitro benzene ring substituents is 1. The van der Waals surface area contributed by atoms with Crippen molar-refractivity contribution >= 4 is 27.6 Å². The van der Waals surface area contributed by atoms with Crippen molar-refractivity contribution in [3.8, 4) is 5.75 Å². The molecule has 0 aliphatic heterocycles. The molecule has 1 aromatic rings. The minimum Gasteiger partial charge on any atom is -0.487 e. The van der Waals surface area contributed by atoms with Gasteiger partial charge >= 0.3 is 11.7 Å². The maximum Gasteiger partial charge on any atom is 0.320 e. The second-order valence-electron chi connectivity index (χ2n) is 4.35. The van der Waals surface area contributed by atoms with Gasteiger partial charge in [0.2, 0.25) is 0 Å². The van der Waals surface area contributed by atoms with Gasteiger partial charge in [0.1, 0.15) is 6.04 Å². The third-order valence-corrected chi connectivity index (χ3v) is 3.21. The van der Waals surface area contributed by atoms with Crippen LogP contribution in [0.15, 0.2) is 22.7 Å². The lowest BCUT2D eigenvalue weighted by Gasteiger charge is -2.14. The molecular weight excluding hydrogens is 344 g/mol. The Morgan fingerprint density at radius 2 is 2.29 bits per heavy atom. The highest BCUT2D eigenvalue weighted by atomic mass is 79.9. The molecule has 0 saturated carbocycles. The van der Waals surface area contributed by atoms with Gasteiger partial charge in [-0.05, 0) is 25.1 Å². The predicted octanol–water partition coefficient (Wildman–Crippen LogP) is 2.58. The molecule has 0 heterocycles. The van der Waals surface area contributed by atoms with E-state index in [4.69, 9.17) is 9.84 Å². The minimum absolute atomic E-state index is 0.0795. The SMILES string of the molecule is CCCNC(CCOc1ccc(Br)cc1[N+](=O)[O-])C(=O)O. The number of carboxylic acids is 1. The van der Waals surface area contributed by atoms with Crippen molar-refractivity contribution in [1.82, 2.24) is 5.32 Å². The van der Waals surface area contributed by atoms with Crippen LogP contribution in [-0.4, -0.2) is 35.2 Å². The van der Waals surface area contributed by atoms with Gasteiger partial charge in [-0.3, -0.25) is 14.9 Å². The third kappa shape index (κ3) is 5.68. The molecule has 1 unspecified atom stereocenters. The first-order chi connectivity index (χ1) is 9.95. The lowest BCUT2D eigenvalue weighted by molar-refractivity contribution is -0.385. The zero-order valence-electron chi connectivity index (χ0n) is 11.5. The number of carboxylic acid groups (broad SMARTS) is 1. The molecule has 0 bridgehead atoms. The summed E-state index contributed by atoms with van der Waals surface area (Å²) in [7, 11) is 0. The van der Waals surface area contributed by atoms with Gasteiger partial charge < -0.3 is 15.2 Å². The molecule has 0 fully saturated rings. The number of benzene rings is 1. The van der Waals surface area contributed by atoms with Gasteiger partial charge in [0.05, 0.1) is 11.5 Å². The normalized spacial score (nSPS) is 11.9. The van der Waals surface area contributed by atoms with Crippen molar-refractivity contribution in [1.29, 1.82) is 0 Å². The molecule has 7 nitrogen and oxygen atoms in total. The molecule has 2 N–H and O–H groups in total. The Hall–Kier alpha value is -1.67. The molecule has 116 valence electrons. The van der Waals surface area contributed by atoms with E-state index in [1.807, 2.05) is 6.92 Å². The molecule has 0 saturated heterocycles. The quantitative estimate of drug-likeness (QED) is 0.518. The van der Waals surface area contributed by atoms with Gasteiger partial charge in [0.25, 0.3) is 0 Å². The molecule has 0 aliphatic rings. The van der Waals surface area contributed by atoms with Crippen LogP contribution in [0.4, 0.5) is 5.69 Å². The number of aliphatic carboxylic acids is 1. The number of hydrogen-bond donors (Lipinski definition) is 2. The number of nitrogens with one attached hydrogen (secondary N) is 1. The van der Waals surface area contributed by atoms with E-state index in [2.05, 4.69) is 21.2 Å². The second kappa shape index (κ2) is 8.58. The summed E-state index contributed by atoms with van der Waals surface area (Å²) in [4.78, 5) is 21.4. The highest BCUT2D eigenvalue weighted by Crippen LogP contribution is 2.30. The predicted molar refractivity (Wildman–Crippen MR) is 80.6 cm³/mol. The zero-order valence-corrected chi connectivity index (χ0v) is 13.1. The van der Waals surface area contributed by atoms with Crippen LogP contribution in [0, 0.1) is 10.1 Å². The van der Waals surface area contributed by atoms with Crippen LogP contribution in [0.25, 0.3) is 0 Å². The van der Waals surface area contributed by atoms with Crippen LogP contribution < -0.4 is 10.1 Å². The van der Waals surface area contributed by atoms with Crippen LogP contribution >= 0.6 is 15.9 Å². The molecule has 0 aliphatic carbocycles. The molecular formula is C13H17BrN2O5. The topological polar surface area (TPSA) is 102 Å². The van der Waals surface area contributed by atoms with E-state index < -0.39 is 16.9 Å². The maximum absolute atomic E-state index is 11.0. The smallest absolute Gasteiger partial charge is 0.320 e. The Bertz CT molecular complexity index is 509. The highest BCUT2D eigenvalue weighted by molar-refractivity contribution is 9.10. The summed E-state index contributed by atoms with van der Waals surface area (Å²) in [5.41, 5.74) is -0.155. The van der Waals surface area contributed by atoms with Crippen molar-refractivity contribution in [3.63, 3.8) is 0 Å². The zero-order chi connectivity index (χ0) is 15.8. The van der Waals surface area contributed by atoms with E-state index >= 15 is 0 Å². The van der Waals surface area contributed by atoms with Gasteiger partial charge in [0.15, 0.2) is 5.75 Å². The van der Waals surface area contributed by atoms with Crippen LogP contribution in [-0.2, 0) is 4.79 Å². The lowest BCUT2D eigenvalue weighted by Crippen LogP contribution is -2.38. The molecule has 1 rings (SSSR count). The Balaban J connectivity index is 2.62. The van der Waals surface area contributed by atoms with E-state index in [1.54, 1.807) is 6.07 Å². The molecule has 0 spiro atoms. The standard InChI is InChI=1S/C13H17BrN2O5/c1-2-6-15-10(13(17)18)5-7-21-12-4-3-9(14)8-11(12)16(19)20/h3-4,8,10,15H,2,5-7H2,1H3,(H,17,18). The Morgan fingerprint density at radius 3 is 2.86 bits per heavy atom. The molecule has 1 aromatic carbocycles. The molecule has 21 heavy (non-hydrogen) atoms. The average molecular weight is 361 g/mol. The summed E-state index contributed by atoms with van der Waals surface area (Å²) in [6.07, 6.45) is 1.05. The molecule has 8 heteroatoms. The largest absolute Gasteiger partial charge is 0.487 e. The summed E-state index contributed by atoms with van der Waals surface area (Å²) in [5.74, 6) is -0.833. The number of ether oxygens (including phenoxy) is 1. The van der Waals surface area contributed by atoms with E-state index in [-0.39, 0.29) is 24.5 Å². The number of carbonyl (C=O) groups is 1. The van der Waals surface area contributed by atoms with Crippen LogP contribution in [0.5, 0.6) is 5.75 Å². The number of nitro groups is 1. The van der Waals surface area contributed by atoms with Gasteiger partial charge in [-0.1, -0.05) is 22.9 Å².